The summed E-state index contributed by atoms with van der Waals surface area (Å²) in [6.45, 7) is 5.67. The summed E-state index contributed by atoms with van der Waals surface area (Å²) < 4.78 is 26.6. The Hall–Kier alpha value is -2.29. The third-order valence-corrected chi connectivity index (χ3v) is 8.93. The molecule has 2 amide bonds. The number of anilines is 1. The molecule has 1 saturated carbocycles. The number of nitrogens with zero attached hydrogens (tertiary/aromatic N) is 2. The first-order valence-electron chi connectivity index (χ1n) is 13.0. The van der Waals surface area contributed by atoms with Crippen LogP contribution >= 0.6 is 23.2 Å². The Morgan fingerprint density at radius 2 is 1.71 bits per heavy atom. The van der Waals surface area contributed by atoms with Crippen molar-refractivity contribution >= 4 is 50.7 Å². The molecule has 7 nitrogen and oxygen atoms in total. The largest absolute Gasteiger partial charge is 0.352 e. The molecule has 1 N–H and O–H groups in total. The molecule has 38 heavy (non-hydrogen) atoms. The van der Waals surface area contributed by atoms with Gasteiger partial charge in [0.25, 0.3) is 0 Å². The smallest absolute Gasteiger partial charge is 0.242 e. The lowest BCUT2D eigenvalue weighted by molar-refractivity contribution is -0.140. The molecule has 0 aliphatic heterocycles. The van der Waals surface area contributed by atoms with Gasteiger partial charge < -0.3 is 10.2 Å². The number of carbonyl (C=O) groups excluding carboxylic acids is 2. The van der Waals surface area contributed by atoms with E-state index in [-0.39, 0.29) is 43.8 Å². The maximum atomic E-state index is 13.5. The average molecular weight is 583 g/mol. The van der Waals surface area contributed by atoms with E-state index in [9.17, 15) is 18.0 Å². The maximum absolute atomic E-state index is 13.5. The van der Waals surface area contributed by atoms with Crippen LogP contribution in [0.2, 0.25) is 10.0 Å². The van der Waals surface area contributed by atoms with Gasteiger partial charge in [-0.3, -0.25) is 13.9 Å². The zero-order chi connectivity index (χ0) is 28.0. The SMILES string of the molecule is Cc1ccc(C)c(N(CCCC(=O)N(Cc2c(Cl)cccc2Cl)[C@@H](C)C(=O)NC2CCCC2)S(C)(=O)=O)c1. The van der Waals surface area contributed by atoms with Crippen molar-refractivity contribution < 1.29 is 18.0 Å². The van der Waals surface area contributed by atoms with Gasteiger partial charge in [-0.05, 0) is 69.4 Å². The van der Waals surface area contributed by atoms with E-state index in [1.807, 2.05) is 32.0 Å². The molecule has 10 heteroatoms. The van der Waals surface area contributed by atoms with Crippen LogP contribution in [0, 0.1) is 13.8 Å². The summed E-state index contributed by atoms with van der Waals surface area (Å²) in [5.74, 6) is -0.494. The molecule has 208 valence electrons. The molecule has 0 bridgehead atoms. The summed E-state index contributed by atoms with van der Waals surface area (Å²) in [5.41, 5.74) is 2.95. The van der Waals surface area contributed by atoms with Crippen LogP contribution in [0.4, 0.5) is 5.69 Å². The fraction of sp³-hybridized carbons (Fsp3) is 0.500. The number of aryl methyl sites for hydroxylation is 2. The van der Waals surface area contributed by atoms with Gasteiger partial charge in [-0.2, -0.15) is 0 Å². The maximum Gasteiger partial charge on any atom is 0.242 e. The molecule has 1 fully saturated rings. The van der Waals surface area contributed by atoms with Gasteiger partial charge in [0.2, 0.25) is 21.8 Å². The summed E-state index contributed by atoms with van der Waals surface area (Å²) in [4.78, 5) is 28.1. The molecule has 0 unspecified atom stereocenters. The fourth-order valence-electron chi connectivity index (χ4n) is 4.80. The highest BCUT2D eigenvalue weighted by Crippen LogP contribution is 2.28. The zero-order valence-corrected chi connectivity index (χ0v) is 24.8. The molecule has 1 aliphatic rings. The van der Waals surface area contributed by atoms with Crippen molar-refractivity contribution in [2.75, 3.05) is 17.1 Å². The summed E-state index contributed by atoms with van der Waals surface area (Å²) in [6.07, 6.45) is 5.52. The van der Waals surface area contributed by atoms with Crippen LogP contribution in [0.25, 0.3) is 0 Å². The predicted octanol–water partition coefficient (Wildman–Crippen LogP) is 5.63. The van der Waals surface area contributed by atoms with Gasteiger partial charge in [-0.15, -0.1) is 0 Å². The lowest BCUT2D eigenvalue weighted by atomic mass is 10.1. The minimum atomic E-state index is -3.57. The number of hydrogen-bond donors (Lipinski definition) is 1. The number of halogens is 2. The molecular weight excluding hydrogens is 545 g/mol. The Morgan fingerprint density at radius 1 is 1.08 bits per heavy atom. The van der Waals surface area contributed by atoms with Gasteiger partial charge in [0.1, 0.15) is 6.04 Å². The first-order valence-corrected chi connectivity index (χ1v) is 15.6. The number of carbonyl (C=O) groups is 2. The van der Waals surface area contributed by atoms with Crippen LogP contribution in [-0.4, -0.2) is 50.0 Å². The average Bonchev–Trinajstić information content (AvgIpc) is 3.35. The normalized spacial score (nSPS) is 14.8. The van der Waals surface area contributed by atoms with Crippen LogP contribution in [0.15, 0.2) is 36.4 Å². The van der Waals surface area contributed by atoms with Crippen molar-refractivity contribution in [3.8, 4) is 0 Å². The summed E-state index contributed by atoms with van der Waals surface area (Å²) >= 11 is 12.8. The van der Waals surface area contributed by atoms with Crippen LogP contribution in [0.3, 0.4) is 0 Å². The Labute approximate surface area is 236 Å². The van der Waals surface area contributed by atoms with E-state index in [1.54, 1.807) is 25.1 Å². The van der Waals surface area contributed by atoms with Crippen LogP contribution in [0.5, 0.6) is 0 Å². The second-order valence-electron chi connectivity index (χ2n) is 10.1. The minimum absolute atomic E-state index is 0.0556. The second kappa shape index (κ2) is 13.2. The van der Waals surface area contributed by atoms with E-state index in [0.717, 1.165) is 43.1 Å². The second-order valence-corrected chi connectivity index (χ2v) is 12.8. The van der Waals surface area contributed by atoms with E-state index >= 15 is 0 Å². The van der Waals surface area contributed by atoms with Gasteiger partial charge in [-0.25, -0.2) is 8.42 Å². The first kappa shape index (κ1) is 30.3. The minimum Gasteiger partial charge on any atom is -0.352 e. The summed E-state index contributed by atoms with van der Waals surface area (Å²) in [6, 6.07) is 10.1. The lowest BCUT2D eigenvalue weighted by Gasteiger charge is -2.31. The summed E-state index contributed by atoms with van der Waals surface area (Å²) in [5, 5.41) is 3.90. The first-order chi connectivity index (χ1) is 17.9. The van der Waals surface area contributed by atoms with Crippen LogP contribution in [0.1, 0.15) is 62.1 Å². The molecule has 0 radical (unpaired) electrons. The van der Waals surface area contributed by atoms with Crippen LogP contribution < -0.4 is 9.62 Å². The van der Waals surface area contributed by atoms with Gasteiger partial charge in [0, 0.05) is 41.2 Å². The molecule has 1 aliphatic carbocycles. The number of hydrogen-bond acceptors (Lipinski definition) is 4. The molecule has 2 aromatic rings. The van der Waals surface area contributed by atoms with Gasteiger partial charge in [-0.1, -0.05) is 54.2 Å². The van der Waals surface area contributed by atoms with Crippen molar-refractivity contribution in [3.05, 3.63) is 63.1 Å². The summed E-state index contributed by atoms with van der Waals surface area (Å²) in [7, 11) is -3.57. The number of amides is 2. The number of nitrogens with one attached hydrogen (secondary N) is 1. The van der Waals surface area contributed by atoms with E-state index in [1.165, 1.54) is 9.21 Å². The zero-order valence-electron chi connectivity index (χ0n) is 22.5. The number of rotatable bonds is 11. The standard InChI is InChI=1S/C28H37Cl2N3O4S/c1-19-14-15-20(2)26(17-19)33(38(4,36)37)16-8-13-27(34)32(18-23-24(29)11-7-12-25(23)30)21(3)28(35)31-22-9-5-6-10-22/h7,11-12,14-15,17,21-22H,5-6,8-10,13,16,18H2,1-4H3,(H,31,35)/t21-/m0/s1. The van der Waals surface area contributed by atoms with E-state index in [0.29, 0.717) is 21.3 Å². The van der Waals surface area contributed by atoms with Gasteiger partial charge >= 0.3 is 0 Å². The molecule has 1 atom stereocenters. The fourth-order valence-corrected chi connectivity index (χ4v) is 6.33. The highest BCUT2D eigenvalue weighted by molar-refractivity contribution is 7.92. The van der Waals surface area contributed by atoms with E-state index in [2.05, 4.69) is 5.32 Å². The molecule has 3 rings (SSSR count). The van der Waals surface area contributed by atoms with E-state index < -0.39 is 16.1 Å². The molecule has 0 saturated heterocycles. The van der Waals surface area contributed by atoms with Gasteiger partial charge in [0.05, 0.1) is 11.9 Å². The molecule has 0 aromatic heterocycles. The third-order valence-electron chi connectivity index (χ3n) is 7.04. The van der Waals surface area contributed by atoms with Crippen molar-refractivity contribution in [2.24, 2.45) is 0 Å². The third kappa shape index (κ3) is 7.87. The van der Waals surface area contributed by atoms with Crippen LogP contribution in [-0.2, 0) is 26.2 Å². The highest BCUT2D eigenvalue weighted by Gasteiger charge is 2.30. The van der Waals surface area contributed by atoms with Gasteiger partial charge in [0.15, 0.2) is 0 Å². The number of sulfonamides is 1. The van der Waals surface area contributed by atoms with E-state index in [4.69, 9.17) is 23.2 Å². The topological polar surface area (TPSA) is 86.8 Å². The Kier molecular flexibility index (Phi) is 10.5. The van der Waals surface area contributed by atoms with Crippen molar-refractivity contribution in [1.29, 1.82) is 0 Å². The molecule has 0 spiro atoms. The predicted molar refractivity (Wildman–Crippen MR) is 154 cm³/mol. The highest BCUT2D eigenvalue weighted by atomic mass is 35.5. The van der Waals surface area contributed by atoms with Crippen molar-refractivity contribution in [3.63, 3.8) is 0 Å². The quantitative estimate of drug-likeness (QED) is 0.372. The molecule has 0 heterocycles. The number of benzene rings is 2. The van der Waals surface area contributed by atoms with Crippen molar-refractivity contribution in [2.45, 2.75) is 77.9 Å². The Balaban J connectivity index is 1.78. The molecular formula is C28H37Cl2N3O4S. The Bertz CT molecular complexity index is 1240. The monoisotopic (exact) mass is 581 g/mol. The van der Waals surface area contributed by atoms with Crippen molar-refractivity contribution in [1.82, 2.24) is 10.2 Å². The lowest BCUT2D eigenvalue weighted by Crippen LogP contribution is -2.49. The molecule has 2 aromatic carbocycles. The Morgan fingerprint density at radius 3 is 2.32 bits per heavy atom.